The van der Waals surface area contributed by atoms with Crippen LogP contribution < -0.4 is 27.0 Å². The van der Waals surface area contributed by atoms with Crippen LogP contribution in [0.2, 0.25) is 0 Å². The second kappa shape index (κ2) is 25.1. The molecule has 0 saturated heterocycles. The molecule has 0 unspecified atom stereocenters. The molecule has 2 aromatic carbocycles. The Kier molecular flexibility index (Phi) is 20.7. The van der Waals surface area contributed by atoms with Crippen molar-refractivity contribution in [2.24, 2.45) is 11.7 Å². The summed E-state index contributed by atoms with van der Waals surface area (Å²) < 4.78 is 56.0. The van der Waals surface area contributed by atoms with Gasteiger partial charge >= 0.3 is 10.2 Å². The number of unbranched alkanes of at least 4 members (excludes halogenated alkanes) is 1. The van der Waals surface area contributed by atoms with Gasteiger partial charge in [-0.15, -0.1) is 3.89 Å². The van der Waals surface area contributed by atoms with Gasteiger partial charge in [-0.05, 0) is 81.3 Å². The molecule has 0 aromatic heterocycles. The number of hydrogen-bond donors (Lipinski definition) is 5. The number of Topliss-reactive ketones (excluding diaryl/α,β-unsaturated/α-hetero) is 1. The first-order valence-electron chi connectivity index (χ1n) is 18.3. The van der Waals surface area contributed by atoms with Crippen LogP contribution in [-0.2, 0) is 43.6 Å². The fraction of sp³-hybridized carbons (Fsp3) is 0.568. The predicted octanol–water partition coefficient (Wildman–Crippen LogP) is 2.11. The third-order valence-electron chi connectivity index (χ3n) is 8.58. The van der Waals surface area contributed by atoms with Gasteiger partial charge in [0.25, 0.3) is 5.91 Å². The van der Waals surface area contributed by atoms with Crippen LogP contribution in [0.25, 0.3) is 0 Å². The molecule has 6 N–H and O–H groups in total. The third-order valence-corrected chi connectivity index (χ3v) is 9.42. The van der Waals surface area contributed by atoms with Crippen molar-refractivity contribution in [3.63, 3.8) is 0 Å². The van der Waals surface area contributed by atoms with Crippen molar-refractivity contribution in [3.8, 4) is 0 Å². The Morgan fingerprint density at radius 3 is 1.85 bits per heavy atom. The molecule has 15 nitrogen and oxygen atoms in total. The van der Waals surface area contributed by atoms with E-state index in [1.165, 1.54) is 12.1 Å². The predicted molar refractivity (Wildman–Crippen MR) is 199 cm³/mol. The lowest BCUT2D eigenvalue weighted by Gasteiger charge is -2.29. The van der Waals surface area contributed by atoms with E-state index in [2.05, 4.69) is 21.3 Å². The highest BCUT2D eigenvalue weighted by Crippen LogP contribution is 2.27. The first kappa shape index (κ1) is 44.4. The number of anilines is 1. The van der Waals surface area contributed by atoms with Crippen LogP contribution >= 0.6 is 0 Å². The summed E-state index contributed by atoms with van der Waals surface area (Å²) in [6.07, 6.45) is 5.61. The molecule has 2 aromatic rings. The van der Waals surface area contributed by atoms with E-state index in [0.29, 0.717) is 13.0 Å². The first-order valence-corrected chi connectivity index (χ1v) is 19.7. The molecule has 0 bridgehead atoms. The van der Waals surface area contributed by atoms with Gasteiger partial charge in [-0.1, -0.05) is 18.2 Å². The maximum Gasteiger partial charge on any atom is 0.332 e. The molecule has 17 heteroatoms. The summed E-state index contributed by atoms with van der Waals surface area (Å²) in [6, 6.07) is 14.1. The van der Waals surface area contributed by atoms with Crippen molar-refractivity contribution < 1.29 is 50.4 Å². The second-order valence-corrected chi connectivity index (χ2v) is 14.2. The van der Waals surface area contributed by atoms with Gasteiger partial charge in [0.05, 0.1) is 50.6 Å². The van der Waals surface area contributed by atoms with E-state index in [0.717, 1.165) is 56.3 Å². The summed E-state index contributed by atoms with van der Waals surface area (Å²) in [6.45, 7) is 1.94. The number of ketones is 1. The van der Waals surface area contributed by atoms with E-state index in [9.17, 15) is 31.5 Å². The molecular weight excluding hydrogens is 725 g/mol. The van der Waals surface area contributed by atoms with Gasteiger partial charge in [-0.25, -0.2) is 0 Å². The number of hydrogen-bond acceptors (Lipinski definition) is 12. The number of nitrogens with two attached hydrogens (primary N) is 1. The molecule has 300 valence electrons. The average Bonchev–Trinajstić information content (AvgIpc) is 3.16. The monoisotopic (exact) mass is 779 g/mol. The summed E-state index contributed by atoms with van der Waals surface area (Å²) in [5, 5.41) is 11.5. The smallest absolute Gasteiger partial charge is 0.332 e. The second-order valence-electron chi connectivity index (χ2n) is 12.8. The first-order chi connectivity index (χ1) is 26.0. The zero-order valence-electron chi connectivity index (χ0n) is 30.6. The number of carbonyl (C=O) groups excluding carboxylic acids is 4. The van der Waals surface area contributed by atoms with Crippen molar-refractivity contribution in [1.82, 2.24) is 16.0 Å². The number of carbonyl (C=O) groups is 4. The van der Waals surface area contributed by atoms with Gasteiger partial charge in [0.2, 0.25) is 11.8 Å². The molecule has 1 aliphatic rings. The highest BCUT2D eigenvalue weighted by atomic mass is 32.3. The van der Waals surface area contributed by atoms with Crippen molar-refractivity contribution in [2.75, 3.05) is 77.8 Å². The number of halogens is 1. The minimum absolute atomic E-state index is 0.0327. The minimum atomic E-state index is -4.83. The van der Waals surface area contributed by atoms with Gasteiger partial charge in [0.1, 0.15) is 13.2 Å². The number of benzene rings is 2. The van der Waals surface area contributed by atoms with E-state index in [4.69, 9.17) is 24.7 Å². The largest absolute Gasteiger partial charge is 0.377 e. The maximum absolute atomic E-state index is 13.3. The number of para-hydroxylation sites is 1. The topological polar surface area (TPSA) is 213 Å². The maximum atomic E-state index is 13.3. The van der Waals surface area contributed by atoms with Crippen molar-refractivity contribution in [3.05, 3.63) is 60.2 Å². The lowest BCUT2D eigenvalue weighted by molar-refractivity contribution is -0.127. The fourth-order valence-corrected chi connectivity index (χ4v) is 6.11. The molecule has 3 rings (SSSR count). The Bertz CT molecular complexity index is 1530. The zero-order chi connectivity index (χ0) is 39.0. The summed E-state index contributed by atoms with van der Waals surface area (Å²) in [7, 11) is -4.83. The molecule has 3 amide bonds. The lowest BCUT2D eigenvalue weighted by atomic mass is 9.81. The van der Waals surface area contributed by atoms with Crippen LogP contribution in [0.15, 0.2) is 59.5 Å². The fourth-order valence-electron chi connectivity index (χ4n) is 5.65. The molecule has 0 radical (unpaired) electrons. The zero-order valence-corrected chi connectivity index (χ0v) is 31.4. The van der Waals surface area contributed by atoms with Gasteiger partial charge < -0.3 is 45.9 Å². The molecule has 0 spiro atoms. The summed E-state index contributed by atoms with van der Waals surface area (Å²) in [5.41, 5.74) is 7.13. The molecule has 0 heterocycles. The van der Waals surface area contributed by atoms with Gasteiger partial charge in [0, 0.05) is 42.8 Å². The van der Waals surface area contributed by atoms with Crippen molar-refractivity contribution in [1.29, 1.82) is 0 Å². The summed E-state index contributed by atoms with van der Waals surface area (Å²) >= 11 is 0. The van der Waals surface area contributed by atoms with E-state index in [-0.39, 0.29) is 107 Å². The minimum Gasteiger partial charge on any atom is -0.377 e. The van der Waals surface area contributed by atoms with E-state index in [1.807, 2.05) is 30.3 Å². The molecule has 1 fully saturated rings. The van der Waals surface area contributed by atoms with Crippen LogP contribution in [0.4, 0.5) is 9.57 Å². The van der Waals surface area contributed by atoms with Crippen LogP contribution in [0, 0.1) is 5.92 Å². The standard InChI is InChI=1S/C37H54FN5O10S/c38-54(48,49)32-15-11-29(12-16-32)37(47)42-19-21-51-23-25-53-27-35(45)41-18-20-50-22-24-52-26-34(44)40-17-5-4-8-33(43-31-6-2-1-3-7-31)36(46)28-9-13-30(39)14-10-28/h1-3,6-7,11-12,15-16,28,30,33,43H,4-5,8-10,13-14,17-27,39H2,(H,40,44)(H,41,45)(H,42,47)/t28?,30?,33-/m0/s1. The van der Waals surface area contributed by atoms with Crippen molar-refractivity contribution >= 4 is 39.4 Å². The Morgan fingerprint density at radius 1 is 0.704 bits per heavy atom. The Morgan fingerprint density at radius 2 is 1.26 bits per heavy atom. The Labute approximate surface area is 316 Å². The number of rotatable bonds is 27. The average molecular weight is 780 g/mol. The number of amides is 3. The van der Waals surface area contributed by atoms with Gasteiger partial charge in [-0.3, -0.25) is 19.2 Å². The quantitative estimate of drug-likeness (QED) is 0.0652. The summed E-state index contributed by atoms with van der Waals surface area (Å²) in [5.74, 6) is -0.744. The van der Waals surface area contributed by atoms with Crippen LogP contribution in [0.3, 0.4) is 0 Å². The van der Waals surface area contributed by atoms with Crippen LogP contribution in [0.1, 0.15) is 55.3 Å². The summed E-state index contributed by atoms with van der Waals surface area (Å²) in [4.78, 5) is 48.9. The highest BCUT2D eigenvalue weighted by molar-refractivity contribution is 7.86. The molecule has 0 aliphatic heterocycles. The van der Waals surface area contributed by atoms with Crippen LogP contribution in [0.5, 0.6) is 0 Å². The van der Waals surface area contributed by atoms with E-state index in [1.54, 1.807) is 0 Å². The SMILES string of the molecule is NC1CCC(C(=O)[C@H](CCCCNC(=O)COCCOCCNC(=O)COCCOCCNC(=O)c2ccc(S(=O)(=O)F)cc2)Nc2ccccc2)CC1. The molecule has 1 atom stereocenters. The Balaban J connectivity index is 1.11. The highest BCUT2D eigenvalue weighted by Gasteiger charge is 2.30. The molecular formula is C37H54FN5O10S. The van der Waals surface area contributed by atoms with E-state index < -0.39 is 21.0 Å². The van der Waals surface area contributed by atoms with Gasteiger partial charge in [0.15, 0.2) is 5.78 Å². The lowest BCUT2D eigenvalue weighted by Crippen LogP contribution is -2.38. The van der Waals surface area contributed by atoms with Crippen molar-refractivity contribution in [2.45, 2.75) is 61.9 Å². The van der Waals surface area contributed by atoms with Gasteiger partial charge in [-0.2, -0.15) is 8.42 Å². The Hall–Kier alpha value is -4.00. The number of ether oxygens (including phenoxy) is 4. The molecule has 1 aliphatic carbocycles. The molecule has 1 saturated carbocycles. The third kappa shape index (κ3) is 18.4. The number of nitrogens with one attached hydrogen (secondary N) is 4. The molecule has 54 heavy (non-hydrogen) atoms. The normalized spacial score (nSPS) is 16.3. The van der Waals surface area contributed by atoms with E-state index >= 15 is 0 Å². The van der Waals surface area contributed by atoms with Crippen LogP contribution in [-0.4, -0.2) is 116 Å².